The Labute approximate surface area is 179 Å². The molecule has 164 valence electrons. The smallest absolute Gasteiger partial charge is 0.238 e. The SMILES string of the molecule is CCCc1ccc(C(NCC(=O)Nc2cc(OC)c(OC)c(OC)c2)C(C)C)cc1. The van der Waals surface area contributed by atoms with Crippen molar-refractivity contribution in [3.05, 3.63) is 47.5 Å². The zero-order chi connectivity index (χ0) is 22.1. The highest BCUT2D eigenvalue weighted by Crippen LogP contribution is 2.39. The summed E-state index contributed by atoms with van der Waals surface area (Å²) in [6.07, 6.45) is 2.21. The minimum Gasteiger partial charge on any atom is -0.493 e. The van der Waals surface area contributed by atoms with Crippen molar-refractivity contribution in [1.29, 1.82) is 0 Å². The van der Waals surface area contributed by atoms with E-state index in [4.69, 9.17) is 14.2 Å². The van der Waals surface area contributed by atoms with E-state index in [9.17, 15) is 4.79 Å². The Hall–Kier alpha value is -2.73. The van der Waals surface area contributed by atoms with Crippen LogP contribution in [-0.4, -0.2) is 33.8 Å². The van der Waals surface area contributed by atoms with Crippen LogP contribution in [0.2, 0.25) is 0 Å². The number of hydrogen-bond donors (Lipinski definition) is 2. The molecule has 0 heterocycles. The highest BCUT2D eigenvalue weighted by atomic mass is 16.5. The lowest BCUT2D eigenvalue weighted by atomic mass is 9.94. The van der Waals surface area contributed by atoms with Crippen LogP contribution >= 0.6 is 0 Å². The van der Waals surface area contributed by atoms with Crippen molar-refractivity contribution >= 4 is 11.6 Å². The molecule has 0 saturated heterocycles. The molecule has 0 aromatic heterocycles. The summed E-state index contributed by atoms with van der Waals surface area (Å²) in [4.78, 5) is 12.6. The first-order valence-electron chi connectivity index (χ1n) is 10.4. The molecular formula is C24H34N2O4. The average molecular weight is 415 g/mol. The second-order valence-corrected chi connectivity index (χ2v) is 7.56. The molecule has 6 heteroatoms. The zero-order valence-corrected chi connectivity index (χ0v) is 18.9. The summed E-state index contributed by atoms with van der Waals surface area (Å²) >= 11 is 0. The highest BCUT2D eigenvalue weighted by Gasteiger charge is 2.18. The molecule has 1 unspecified atom stereocenters. The molecule has 0 aliphatic rings. The van der Waals surface area contributed by atoms with E-state index in [0.717, 1.165) is 12.8 Å². The fourth-order valence-electron chi connectivity index (χ4n) is 3.48. The molecule has 0 aliphatic carbocycles. The van der Waals surface area contributed by atoms with Crippen molar-refractivity contribution < 1.29 is 19.0 Å². The van der Waals surface area contributed by atoms with Gasteiger partial charge in [0.2, 0.25) is 11.7 Å². The molecule has 6 nitrogen and oxygen atoms in total. The Morgan fingerprint density at radius 1 is 0.967 bits per heavy atom. The fourth-order valence-corrected chi connectivity index (χ4v) is 3.48. The quantitative estimate of drug-likeness (QED) is 0.563. The van der Waals surface area contributed by atoms with Gasteiger partial charge in [-0.15, -0.1) is 0 Å². The largest absolute Gasteiger partial charge is 0.493 e. The Morgan fingerprint density at radius 2 is 1.57 bits per heavy atom. The Bertz CT molecular complexity index is 793. The van der Waals surface area contributed by atoms with E-state index < -0.39 is 0 Å². The number of aryl methyl sites for hydroxylation is 1. The minimum absolute atomic E-state index is 0.0892. The Morgan fingerprint density at radius 3 is 2.03 bits per heavy atom. The summed E-state index contributed by atoms with van der Waals surface area (Å²) in [6.45, 7) is 6.67. The number of ether oxygens (including phenoxy) is 3. The van der Waals surface area contributed by atoms with E-state index in [0.29, 0.717) is 28.9 Å². The highest BCUT2D eigenvalue weighted by molar-refractivity contribution is 5.93. The third kappa shape index (κ3) is 6.13. The van der Waals surface area contributed by atoms with Gasteiger partial charge in [0.15, 0.2) is 11.5 Å². The summed E-state index contributed by atoms with van der Waals surface area (Å²) in [5.41, 5.74) is 3.11. The van der Waals surface area contributed by atoms with Gasteiger partial charge in [-0.25, -0.2) is 0 Å². The van der Waals surface area contributed by atoms with Gasteiger partial charge in [-0.05, 0) is 23.5 Å². The van der Waals surface area contributed by atoms with Crippen molar-refractivity contribution in [1.82, 2.24) is 5.32 Å². The summed E-state index contributed by atoms with van der Waals surface area (Å²) in [6, 6.07) is 12.2. The number of nitrogens with one attached hydrogen (secondary N) is 2. The molecule has 0 saturated carbocycles. The second kappa shape index (κ2) is 11.5. The van der Waals surface area contributed by atoms with Crippen molar-refractivity contribution in [2.45, 2.75) is 39.7 Å². The van der Waals surface area contributed by atoms with Crippen LogP contribution in [0, 0.1) is 5.92 Å². The van der Waals surface area contributed by atoms with Crippen LogP contribution in [0.3, 0.4) is 0 Å². The molecule has 0 radical (unpaired) electrons. The van der Waals surface area contributed by atoms with Crippen LogP contribution in [0.1, 0.15) is 44.4 Å². The van der Waals surface area contributed by atoms with Crippen LogP contribution in [0.4, 0.5) is 5.69 Å². The number of benzene rings is 2. The van der Waals surface area contributed by atoms with Crippen molar-refractivity contribution in [3.63, 3.8) is 0 Å². The molecule has 0 aliphatic heterocycles. The van der Waals surface area contributed by atoms with Crippen LogP contribution in [0.25, 0.3) is 0 Å². The van der Waals surface area contributed by atoms with E-state index in [1.165, 1.54) is 11.1 Å². The lowest BCUT2D eigenvalue weighted by molar-refractivity contribution is -0.115. The van der Waals surface area contributed by atoms with E-state index in [1.54, 1.807) is 33.5 Å². The zero-order valence-electron chi connectivity index (χ0n) is 18.9. The lowest BCUT2D eigenvalue weighted by Crippen LogP contribution is -2.33. The topological polar surface area (TPSA) is 68.8 Å². The van der Waals surface area contributed by atoms with E-state index in [-0.39, 0.29) is 18.5 Å². The van der Waals surface area contributed by atoms with Gasteiger partial charge in [0.25, 0.3) is 0 Å². The van der Waals surface area contributed by atoms with Gasteiger partial charge >= 0.3 is 0 Å². The maximum atomic E-state index is 12.6. The number of amides is 1. The maximum Gasteiger partial charge on any atom is 0.238 e. The van der Waals surface area contributed by atoms with E-state index >= 15 is 0 Å². The first kappa shape index (κ1) is 23.5. The van der Waals surface area contributed by atoms with Gasteiger partial charge in [-0.2, -0.15) is 0 Å². The molecule has 2 aromatic carbocycles. The molecule has 1 atom stereocenters. The van der Waals surface area contributed by atoms with E-state index in [1.807, 2.05) is 0 Å². The molecule has 0 fully saturated rings. The molecule has 1 amide bonds. The average Bonchev–Trinajstić information content (AvgIpc) is 2.74. The van der Waals surface area contributed by atoms with Crippen molar-refractivity contribution in [2.24, 2.45) is 5.92 Å². The summed E-state index contributed by atoms with van der Waals surface area (Å²) < 4.78 is 16.0. The van der Waals surface area contributed by atoms with Gasteiger partial charge < -0.3 is 24.8 Å². The number of anilines is 1. The third-order valence-electron chi connectivity index (χ3n) is 4.98. The van der Waals surface area contributed by atoms with Crippen molar-refractivity contribution in [2.75, 3.05) is 33.2 Å². The summed E-state index contributed by atoms with van der Waals surface area (Å²) in [5.74, 6) is 1.68. The first-order chi connectivity index (χ1) is 14.4. The van der Waals surface area contributed by atoms with Crippen LogP contribution < -0.4 is 24.8 Å². The molecular weight excluding hydrogens is 380 g/mol. The Balaban J connectivity index is 2.06. The second-order valence-electron chi connectivity index (χ2n) is 7.56. The van der Waals surface area contributed by atoms with Crippen LogP contribution in [0.15, 0.2) is 36.4 Å². The first-order valence-corrected chi connectivity index (χ1v) is 10.4. The minimum atomic E-state index is -0.141. The lowest BCUT2D eigenvalue weighted by Gasteiger charge is -2.23. The van der Waals surface area contributed by atoms with Crippen molar-refractivity contribution in [3.8, 4) is 17.2 Å². The van der Waals surface area contributed by atoms with E-state index in [2.05, 4.69) is 55.7 Å². The fraction of sp³-hybridized carbons (Fsp3) is 0.458. The van der Waals surface area contributed by atoms with Gasteiger partial charge in [-0.3, -0.25) is 4.79 Å². The normalized spacial score (nSPS) is 11.8. The van der Waals surface area contributed by atoms with Crippen LogP contribution in [-0.2, 0) is 11.2 Å². The molecule has 0 bridgehead atoms. The van der Waals surface area contributed by atoms with Crippen LogP contribution in [0.5, 0.6) is 17.2 Å². The predicted octanol–water partition coefficient (Wildman–Crippen LogP) is 4.59. The molecule has 30 heavy (non-hydrogen) atoms. The number of hydrogen-bond acceptors (Lipinski definition) is 5. The summed E-state index contributed by atoms with van der Waals surface area (Å²) in [5, 5.41) is 6.28. The molecule has 2 aromatic rings. The van der Waals surface area contributed by atoms with Gasteiger partial charge in [0.05, 0.1) is 27.9 Å². The maximum absolute atomic E-state index is 12.6. The van der Waals surface area contributed by atoms with Gasteiger partial charge in [0, 0.05) is 23.9 Å². The number of carbonyl (C=O) groups excluding carboxylic acids is 1. The monoisotopic (exact) mass is 414 g/mol. The number of methoxy groups -OCH3 is 3. The molecule has 2 N–H and O–H groups in total. The standard InChI is InChI=1S/C24H34N2O4/c1-7-8-17-9-11-18(12-10-17)23(16(2)3)25-15-22(27)26-19-13-20(28-4)24(30-6)21(14-19)29-5/h9-14,16,23,25H,7-8,15H2,1-6H3,(H,26,27). The van der Waals surface area contributed by atoms with Gasteiger partial charge in [0.1, 0.15) is 0 Å². The summed E-state index contributed by atoms with van der Waals surface area (Å²) in [7, 11) is 4.64. The Kier molecular flexibility index (Phi) is 8.99. The predicted molar refractivity (Wildman–Crippen MR) is 121 cm³/mol. The number of carbonyl (C=O) groups is 1. The number of rotatable bonds is 11. The third-order valence-corrected chi connectivity index (χ3v) is 4.98. The molecule has 0 spiro atoms. The van der Waals surface area contributed by atoms with Gasteiger partial charge in [-0.1, -0.05) is 51.5 Å². The molecule has 2 rings (SSSR count).